The molecule has 1 aliphatic carbocycles. The minimum atomic E-state index is -1.15. The van der Waals surface area contributed by atoms with Crippen molar-refractivity contribution >= 4 is 5.57 Å². The largest absolute Gasteiger partial charge is 0.504 e. The highest BCUT2D eigenvalue weighted by atomic mass is 19.1. The highest BCUT2D eigenvalue weighted by Gasteiger charge is 2.21. The molecular formula is C15H16FN3O2. The summed E-state index contributed by atoms with van der Waals surface area (Å²) in [6.45, 7) is 0. The molecule has 0 fully saturated rings. The Labute approximate surface area is 121 Å². The van der Waals surface area contributed by atoms with Crippen LogP contribution in [0.15, 0.2) is 48.2 Å². The molecule has 0 aromatic carbocycles. The van der Waals surface area contributed by atoms with Crippen molar-refractivity contribution in [3.8, 4) is 0 Å². The smallest absolute Gasteiger partial charge is 0.188 e. The number of aliphatic hydroxyl groups is 1. The maximum Gasteiger partial charge on any atom is 0.188 e. The molecule has 110 valence electrons. The summed E-state index contributed by atoms with van der Waals surface area (Å²) < 4.78 is 18.1. The first-order chi connectivity index (χ1) is 10.2. The Morgan fingerprint density at radius 2 is 2.24 bits per heavy atom. The Balaban J connectivity index is 1.78. The van der Waals surface area contributed by atoms with Gasteiger partial charge in [0.1, 0.15) is 11.6 Å². The molecule has 2 atom stereocenters. The van der Waals surface area contributed by atoms with Crippen molar-refractivity contribution in [2.45, 2.75) is 18.6 Å². The highest BCUT2D eigenvalue weighted by Crippen LogP contribution is 2.30. The molecule has 1 aromatic heterocycles. The SMILES string of the molecule is COC1=C(O)C=CC(c2cnc(C3=CNC(F)C=C3)[nH]2)C1. The molecule has 5 nitrogen and oxygen atoms in total. The van der Waals surface area contributed by atoms with E-state index < -0.39 is 6.30 Å². The number of rotatable bonds is 3. The fourth-order valence-electron chi connectivity index (χ4n) is 2.35. The van der Waals surface area contributed by atoms with Gasteiger partial charge in [-0.1, -0.05) is 6.08 Å². The summed E-state index contributed by atoms with van der Waals surface area (Å²) in [7, 11) is 1.54. The summed E-state index contributed by atoms with van der Waals surface area (Å²) in [4.78, 5) is 7.54. The number of H-pyrrole nitrogens is 1. The molecule has 3 rings (SSSR count). The van der Waals surface area contributed by atoms with E-state index >= 15 is 0 Å². The number of hydrogen-bond acceptors (Lipinski definition) is 4. The summed E-state index contributed by atoms with van der Waals surface area (Å²) in [6.07, 6.45) is 9.40. The molecular weight excluding hydrogens is 273 g/mol. The fraction of sp³-hybridized carbons (Fsp3) is 0.267. The van der Waals surface area contributed by atoms with Crippen LogP contribution in [0.3, 0.4) is 0 Å². The minimum Gasteiger partial charge on any atom is -0.504 e. The van der Waals surface area contributed by atoms with E-state index in [1.807, 2.05) is 6.08 Å². The molecule has 2 heterocycles. The standard InChI is InChI=1S/C15H16FN3O2/c1-21-13-6-9(2-4-12(13)20)11-8-18-15(19-11)10-3-5-14(16)17-7-10/h2-5,7-9,14,17,20H,6H2,1H3,(H,18,19). The molecule has 1 aromatic rings. The maximum absolute atomic E-state index is 13.0. The van der Waals surface area contributed by atoms with Crippen molar-refractivity contribution in [2.75, 3.05) is 7.11 Å². The number of dihydropyridines is 1. The number of aromatic nitrogens is 2. The Morgan fingerprint density at radius 1 is 1.38 bits per heavy atom. The van der Waals surface area contributed by atoms with Crippen LogP contribution >= 0.6 is 0 Å². The van der Waals surface area contributed by atoms with Crippen LogP contribution in [-0.4, -0.2) is 28.5 Å². The van der Waals surface area contributed by atoms with Gasteiger partial charge in [-0.05, 0) is 18.2 Å². The Kier molecular flexibility index (Phi) is 3.51. The number of nitrogens with one attached hydrogen (secondary N) is 2. The first-order valence-electron chi connectivity index (χ1n) is 6.65. The zero-order valence-electron chi connectivity index (χ0n) is 11.5. The number of methoxy groups -OCH3 is 1. The second-order valence-electron chi connectivity index (χ2n) is 4.90. The monoisotopic (exact) mass is 289 g/mol. The molecule has 0 spiro atoms. The van der Waals surface area contributed by atoms with E-state index in [0.717, 1.165) is 11.3 Å². The highest BCUT2D eigenvalue weighted by molar-refractivity contribution is 5.70. The number of aromatic amines is 1. The first-order valence-corrected chi connectivity index (χ1v) is 6.65. The van der Waals surface area contributed by atoms with Crippen LogP contribution < -0.4 is 5.32 Å². The molecule has 2 aliphatic rings. The Morgan fingerprint density at radius 3 is 2.95 bits per heavy atom. The van der Waals surface area contributed by atoms with E-state index in [2.05, 4.69) is 15.3 Å². The normalized spacial score (nSPS) is 24.8. The van der Waals surface area contributed by atoms with E-state index in [1.165, 1.54) is 13.2 Å². The Bertz CT molecular complexity index is 658. The third-order valence-electron chi connectivity index (χ3n) is 3.53. The molecule has 0 radical (unpaired) electrons. The van der Waals surface area contributed by atoms with Crippen molar-refractivity contribution in [3.63, 3.8) is 0 Å². The van der Waals surface area contributed by atoms with Crippen LogP contribution in [0, 0.1) is 0 Å². The van der Waals surface area contributed by atoms with E-state index in [4.69, 9.17) is 4.74 Å². The van der Waals surface area contributed by atoms with Gasteiger partial charge in [0.2, 0.25) is 0 Å². The lowest BCUT2D eigenvalue weighted by Gasteiger charge is -2.18. The van der Waals surface area contributed by atoms with Gasteiger partial charge in [-0.2, -0.15) is 0 Å². The van der Waals surface area contributed by atoms with Gasteiger partial charge in [0.15, 0.2) is 12.1 Å². The maximum atomic E-state index is 13.0. The second-order valence-corrected chi connectivity index (χ2v) is 4.90. The molecule has 0 saturated heterocycles. The number of ether oxygens (including phenoxy) is 1. The summed E-state index contributed by atoms with van der Waals surface area (Å²) in [5.41, 5.74) is 1.71. The van der Waals surface area contributed by atoms with E-state index in [1.54, 1.807) is 24.5 Å². The topological polar surface area (TPSA) is 70.2 Å². The summed E-state index contributed by atoms with van der Waals surface area (Å²) in [5.74, 6) is 1.45. The van der Waals surface area contributed by atoms with Crippen LogP contribution in [0.25, 0.3) is 5.57 Å². The third-order valence-corrected chi connectivity index (χ3v) is 3.53. The van der Waals surface area contributed by atoms with Crippen molar-refractivity contribution in [1.82, 2.24) is 15.3 Å². The number of halogens is 1. The number of allylic oxidation sites excluding steroid dienone is 5. The molecule has 2 unspecified atom stereocenters. The van der Waals surface area contributed by atoms with Crippen molar-refractivity contribution in [1.29, 1.82) is 0 Å². The van der Waals surface area contributed by atoms with Gasteiger partial charge in [-0.15, -0.1) is 0 Å². The van der Waals surface area contributed by atoms with Crippen LogP contribution in [0.4, 0.5) is 4.39 Å². The predicted molar refractivity (Wildman–Crippen MR) is 76.9 cm³/mol. The first kappa shape index (κ1) is 13.5. The lowest BCUT2D eigenvalue weighted by molar-refractivity contribution is 0.240. The fourth-order valence-corrected chi connectivity index (χ4v) is 2.35. The van der Waals surface area contributed by atoms with Gasteiger partial charge in [0.05, 0.1) is 7.11 Å². The van der Waals surface area contributed by atoms with Gasteiger partial charge in [0.25, 0.3) is 0 Å². The number of imidazole rings is 1. The summed E-state index contributed by atoms with van der Waals surface area (Å²) >= 11 is 0. The third kappa shape index (κ3) is 2.69. The minimum absolute atomic E-state index is 0.0622. The number of nitrogens with zero attached hydrogens (tertiary/aromatic N) is 1. The predicted octanol–water partition coefficient (Wildman–Crippen LogP) is 2.67. The van der Waals surface area contributed by atoms with Gasteiger partial charge in [-0.3, -0.25) is 0 Å². The zero-order valence-corrected chi connectivity index (χ0v) is 11.5. The number of hydrogen-bond donors (Lipinski definition) is 3. The van der Waals surface area contributed by atoms with Crippen molar-refractivity contribution in [3.05, 3.63) is 59.7 Å². The molecule has 0 bridgehead atoms. The average Bonchev–Trinajstić information content (AvgIpc) is 2.98. The molecule has 21 heavy (non-hydrogen) atoms. The average molecular weight is 289 g/mol. The molecule has 0 amide bonds. The molecule has 6 heteroatoms. The number of alkyl halides is 1. The molecule has 3 N–H and O–H groups in total. The van der Waals surface area contributed by atoms with Crippen molar-refractivity contribution < 1.29 is 14.2 Å². The van der Waals surface area contributed by atoms with Gasteiger partial charge in [-0.25, -0.2) is 9.37 Å². The second kappa shape index (κ2) is 5.47. The Hall–Kier alpha value is -2.50. The zero-order chi connectivity index (χ0) is 14.8. The summed E-state index contributed by atoms with van der Waals surface area (Å²) in [6, 6.07) is 0. The van der Waals surface area contributed by atoms with Gasteiger partial charge in [0, 0.05) is 36.0 Å². The van der Waals surface area contributed by atoms with Gasteiger partial charge < -0.3 is 20.1 Å². The van der Waals surface area contributed by atoms with E-state index in [0.29, 0.717) is 18.0 Å². The van der Waals surface area contributed by atoms with E-state index in [-0.39, 0.29) is 11.7 Å². The lowest BCUT2D eigenvalue weighted by Crippen LogP contribution is -2.19. The van der Waals surface area contributed by atoms with Crippen LogP contribution in [0.5, 0.6) is 0 Å². The lowest BCUT2D eigenvalue weighted by atomic mass is 9.96. The van der Waals surface area contributed by atoms with E-state index in [9.17, 15) is 9.50 Å². The van der Waals surface area contributed by atoms with Crippen molar-refractivity contribution in [2.24, 2.45) is 0 Å². The van der Waals surface area contributed by atoms with Crippen LogP contribution in [0.1, 0.15) is 23.9 Å². The van der Waals surface area contributed by atoms with Crippen LogP contribution in [0.2, 0.25) is 0 Å². The number of aliphatic hydroxyl groups excluding tert-OH is 1. The quantitative estimate of drug-likeness (QED) is 0.748. The van der Waals surface area contributed by atoms with Crippen LogP contribution in [-0.2, 0) is 4.74 Å². The summed E-state index contributed by atoms with van der Waals surface area (Å²) in [5, 5.41) is 12.2. The van der Waals surface area contributed by atoms with Gasteiger partial charge >= 0.3 is 0 Å². The molecule has 0 saturated carbocycles. The molecule has 1 aliphatic heterocycles.